The van der Waals surface area contributed by atoms with E-state index in [2.05, 4.69) is 11.0 Å². The molecule has 17 heavy (non-hydrogen) atoms. The molecule has 1 aliphatic heterocycles. The minimum Gasteiger partial charge on any atom is -0.390 e. The highest BCUT2D eigenvalue weighted by Crippen LogP contribution is 2.31. The van der Waals surface area contributed by atoms with Crippen molar-refractivity contribution in [1.29, 1.82) is 5.26 Å². The molecule has 1 fully saturated rings. The summed E-state index contributed by atoms with van der Waals surface area (Å²) in [6, 6.07) is 7.63. The lowest BCUT2D eigenvalue weighted by atomic mass is 9.93. The largest absolute Gasteiger partial charge is 0.390 e. The third-order valence-electron chi connectivity index (χ3n) is 3.28. The van der Waals surface area contributed by atoms with Crippen LogP contribution in [-0.4, -0.2) is 23.8 Å². The van der Waals surface area contributed by atoms with Gasteiger partial charge in [-0.3, -0.25) is 0 Å². The zero-order valence-electron chi connectivity index (χ0n) is 9.78. The van der Waals surface area contributed by atoms with Gasteiger partial charge in [-0.2, -0.15) is 5.26 Å². The molecule has 0 atom stereocenters. The summed E-state index contributed by atoms with van der Waals surface area (Å²) in [7, 11) is 0. The van der Waals surface area contributed by atoms with E-state index in [1.807, 2.05) is 19.1 Å². The molecule has 1 aromatic rings. The van der Waals surface area contributed by atoms with Gasteiger partial charge in [0.2, 0.25) is 0 Å². The van der Waals surface area contributed by atoms with E-state index in [0.717, 1.165) is 18.8 Å². The molecule has 1 N–H and O–H groups in total. The molecule has 0 bridgehead atoms. The first-order valence-corrected chi connectivity index (χ1v) is 6.07. The summed E-state index contributed by atoms with van der Waals surface area (Å²) in [6.07, 6.45) is 1.43. The fourth-order valence-electron chi connectivity index (χ4n) is 2.12. The second kappa shape index (κ2) is 4.56. The number of hydrogen-bond acceptors (Lipinski definition) is 3. The van der Waals surface area contributed by atoms with Crippen molar-refractivity contribution in [1.82, 2.24) is 0 Å². The highest BCUT2D eigenvalue weighted by Gasteiger charge is 2.28. The summed E-state index contributed by atoms with van der Waals surface area (Å²) < 4.78 is 0. The number of hydrogen-bond donors (Lipinski definition) is 1. The van der Waals surface area contributed by atoms with E-state index < -0.39 is 5.60 Å². The molecule has 0 amide bonds. The standard InChI is InChI=1S/C13H15ClN2O/c1-13(17)5-7-16(8-6-13)12-4-2-3-11(14)10(12)9-15/h2-4,17H,5-8H2,1H3. The second-order valence-corrected chi connectivity index (χ2v) is 5.14. The molecule has 0 aromatic heterocycles. The van der Waals surface area contributed by atoms with Gasteiger partial charge in [0.1, 0.15) is 6.07 Å². The lowest BCUT2D eigenvalue weighted by Crippen LogP contribution is -2.42. The van der Waals surface area contributed by atoms with Crippen molar-refractivity contribution in [2.24, 2.45) is 0 Å². The minimum atomic E-state index is -0.581. The average molecular weight is 251 g/mol. The predicted octanol–water partition coefficient (Wildman–Crippen LogP) is 2.56. The smallest absolute Gasteiger partial charge is 0.103 e. The van der Waals surface area contributed by atoms with E-state index in [-0.39, 0.29) is 0 Å². The molecule has 4 heteroatoms. The Balaban J connectivity index is 2.25. The Morgan fingerprint density at radius 1 is 1.41 bits per heavy atom. The van der Waals surface area contributed by atoms with Crippen molar-refractivity contribution in [3.63, 3.8) is 0 Å². The maximum atomic E-state index is 9.90. The Labute approximate surface area is 106 Å². The van der Waals surface area contributed by atoms with E-state index in [0.29, 0.717) is 23.4 Å². The van der Waals surface area contributed by atoms with Gasteiger partial charge in [0.25, 0.3) is 0 Å². The highest BCUT2D eigenvalue weighted by atomic mass is 35.5. The number of halogens is 1. The van der Waals surface area contributed by atoms with Gasteiger partial charge in [-0.15, -0.1) is 0 Å². The molecular formula is C13H15ClN2O. The summed E-state index contributed by atoms with van der Waals surface area (Å²) >= 11 is 6.01. The first-order valence-electron chi connectivity index (χ1n) is 5.69. The van der Waals surface area contributed by atoms with Crippen LogP contribution in [0.2, 0.25) is 5.02 Å². The van der Waals surface area contributed by atoms with E-state index in [4.69, 9.17) is 16.9 Å². The second-order valence-electron chi connectivity index (χ2n) is 4.73. The molecule has 1 aromatic carbocycles. The SMILES string of the molecule is CC1(O)CCN(c2cccc(Cl)c2C#N)CC1. The van der Waals surface area contributed by atoms with E-state index in [1.165, 1.54) is 0 Å². The van der Waals surface area contributed by atoms with Gasteiger partial charge < -0.3 is 10.0 Å². The maximum Gasteiger partial charge on any atom is 0.103 e. The Kier molecular flexibility index (Phi) is 3.28. The fourth-order valence-corrected chi connectivity index (χ4v) is 2.33. The zero-order valence-corrected chi connectivity index (χ0v) is 10.5. The molecule has 0 radical (unpaired) electrons. The Bertz CT molecular complexity index is 455. The van der Waals surface area contributed by atoms with Crippen LogP contribution in [0.5, 0.6) is 0 Å². The van der Waals surface area contributed by atoms with Gasteiger partial charge in [-0.25, -0.2) is 0 Å². The molecule has 2 rings (SSSR count). The Morgan fingerprint density at radius 3 is 2.65 bits per heavy atom. The maximum absolute atomic E-state index is 9.90. The zero-order chi connectivity index (χ0) is 12.5. The number of piperidine rings is 1. The van der Waals surface area contributed by atoms with Crippen LogP contribution < -0.4 is 4.90 Å². The monoisotopic (exact) mass is 250 g/mol. The molecule has 0 aliphatic carbocycles. The number of aliphatic hydroxyl groups is 1. The third-order valence-corrected chi connectivity index (χ3v) is 3.60. The van der Waals surface area contributed by atoms with Gasteiger partial charge in [0, 0.05) is 13.1 Å². The van der Waals surface area contributed by atoms with Crippen molar-refractivity contribution in [2.75, 3.05) is 18.0 Å². The van der Waals surface area contributed by atoms with Crippen LogP contribution in [0.4, 0.5) is 5.69 Å². The lowest BCUT2D eigenvalue weighted by molar-refractivity contribution is 0.0351. The Hall–Kier alpha value is -1.24. The van der Waals surface area contributed by atoms with Crippen LogP contribution in [0.15, 0.2) is 18.2 Å². The Morgan fingerprint density at radius 2 is 2.06 bits per heavy atom. The first kappa shape index (κ1) is 12.2. The number of benzene rings is 1. The quantitative estimate of drug-likeness (QED) is 0.833. The van der Waals surface area contributed by atoms with Crippen molar-refractivity contribution in [3.8, 4) is 6.07 Å². The highest BCUT2D eigenvalue weighted by molar-refractivity contribution is 6.32. The number of rotatable bonds is 1. The van der Waals surface area contributed by atoms with E-state index in [1.54, 1.807) is 6.07 Å². The first-order chi connectivity index (χ1) is 8.03. The molecular weight excluding hydrogens is 236 g/mol. The third kappa shape index (κ3) is 2.54. The van der Waals surface area contributed by atoms with Crippen LogP contribution in [0.25, 0.3) is 0 Å². The number of nitriles is 1. The van der Waals surface area contributed by atoms with E-state index in [9.17, 15) is 5.11 Å². The summed E-state index contributed by atoms with van der Waals surface area (Å²) in [5, 5.41) is 19.5. The van der Waals surface area contributed by atoms with Crippen molar-refractivity contribution >= 4 is 17.3 Å². The number of anilines is 1. The average Bonchev–Trinajstić information content (AvgIpc) is 2.29. The molecule has 1 aliphatic rings. The topological polar surface area (TPSA) is 47.3 Å². The summed E-state index contributed by atoms with van der Waals surface area (Å²) in [5.74, 6) is 0. The van der Waals surface area contributed by atoms with Gasteiger partial charge >= 0.3 is 0 Å². The van der Waals surface area contributed by atoms with Crippen LogP contribution in [0, 0.1) is 11.3 Å². The van der Waals surface area contributed by atoms with Crippen LogP contribution >= 0.6 is 11.6 Å². The lowest BCUT2D eigenvalue weighted by Gasteiger charge is -2.37. The van der Waals surface area contributed by atoms with E-state index >= 15 is 0 Å². The van der Waals surface area contributed by atoms with Gasteiger partial charge in [0.05, 0.1) is 21.9 Å². The van der Waals surface area contributed by atoms with Crippen LogP contribution in [0.3, 0.4) is 0 Å². The van der Waals surface area contributed by atoms with Crippen molar-refractivity contribution < 1.29 is 5.11 Å². The molecule has 0 saturated carbocycles. The molecule has 90 valence electrons. The van der Waals surface area contributed by atoms with Crippen LogP contribution in [0.1, 0.15) is 25.3 Å². The van der Waals surface area contributed by atoms with Gasteiger partial charge in [-0.1, -0.05) is 17.7 Å². The molecule has 1 heterocycles. The van der Waals surface area contributed by atoms with Gasteiger partial charge in [-0.05, 0) is 31.9 Å². The van der Waals surface area contributed by atoms with Crippen molar-refractivity contribution in [2.45, 2.75) is 25.4 Å². The normalized spacial score (nSPS) is 18.8. The summed E-state index contributed by atoms with van der Waals surface area (Å²) in [5.41, 5.74) is 0.813. The molecule has 0 spiro atoms. The molecule has 3 nitrogen and oxygen atoms in total. The molecule has 1 saturated heterocycles. The molecule has 0 unspecified atom stereocenters. The number of nitrogens with zero attached hydrogens (tertiary/aromatic N) is 2. The summed E-state index contributed by atoms with van der Waals surface area (Å²) in [4.78, 5) is 2.11. The predicted molar refractivity (Wildman–Crippen MR) is 68.2 cm³/mol. The van der Waals surface area contributed by atoms with Gasteiger partial charge in [0.15, 0.2) is 0 Å². The fraction of sp³-hybridized carbons (Fsp3) is 0.462. The van der Waals surface area contributed by atoms with Crippen LogP contribution in [-0.2, 0) is 0 Å². The minimum absolute atomic E-state index is 0.488. The van der Waals surface area contributed by atoms with Crippen molar-refractivity contribution in [3.05, 3.63) is 28.8 Å². The summed E-state index contributed by atoms with van der Waals surface area (Å²) in [6.45, 7) is 3.36.